The summed E-state index contributed by atoms with van der Waals surface area (Å²) in [6.07, 6.45) is 1.36. The summed E-state index contributed by atoms with van der Waals surface area (Å²) >= 11 is 5.85. The molecule has 3 amide bonds. The molecular weight excluding hydrogens is 354 g/mol. The van der Waals surface area contributed by atoms with Crippen molar-refractivity contribution in [3.05, 3.63) is 34.9 Å². The maximum atomic E-state index is 12.5. The third-order valence-electron chi connectivity index (χ3n) is 5.11. The van der Waals surface area contributed by atoms with Crippen molar-refractivity contribution in [1.82, 2.24) is 15.1 Å². The van der Waals surface area contributed by atoms with Crippen LogP contribution in [0.4, 0.5) is 0 Å². The number of piperazine rings is 1. The molecule has 1 aliphatic heterocycles. The van der Waals surface area contributed by atoms with Gasteiger partial charge in [0.25, 0.3) is 0 Å². The predicted molar refractivity (Wildman–Crippen MR) is 98.6 cm³/mol. The lowest BCUT2D eigenvalue weighted by molar-refractivity contribution is -0.140. The normalized spacial score (nSPS) is 22.1. The molecule has 26 heavy (non-hydrogen) atoms. The highest BCUT2D eigenvalue weighted by Gasteiger charge is 2.49. The first-order valence-electron chi connectivity index (χ1n) is 9.02. The van der Waals surface area contributed by atoms with E-state index in [0.29, 0.717) is 44.2 Å². The lowest BCUT2D eigenvalue weighted by Gasteiger charge is -2.34. The van der Waals surface area contributed by atoms with Crippen LogP contribution in [-0.4, -0.2) is 60.2 Å². The Balaban J connectivity index is 1.39. The zero-order valence-corrected chi connectivity index (χ0v) is 15.7. The van der Waals surface area contributed by atoms with Crippen molar-refractivity contribution >= 4 is 29.3 Å². The van der Waals surface area contributed by atoms with Crippen LogP contribution in [0.15, 0.2) is 24.3 Å². The average molecular weight is 378 g/mol. The number of benzene rings is 1. The van der Waals surface area contributed by atoms with Gasteiger partial charge in [-0.1, -0.05) is 23.7 Å². The van der Waals surface area contributed by atoms with Crippen molar-refractivity contribution < 1.29 is 14.4 Å². The highest BCUT2D eigenvalue weighted by molar-refractivity contribution is 6.30. The average Bonchev–Trinajstić information content (AvgIpc) is 3.43. The molecule has 0 aromatic heterocycles. The summed E-state index contributed by atoms with van der Waals surface area (Å²) in [5, 5.41) is 3.62. The summed E-state index contributed by atoms with van der Waals surface area (Å²) in [5.74, 6) is -0.361. The van der Waals surface area contributed by atoms with Crippen LogP contribution in [0.1, 0.15) is 18.9 Å². The SMILES string of the molecule is CC(=O)N1CCN(C(=O)C2CC2C(=O)NCCc2ccc(Cl)cc2)CC1. The van der Waals surface area contributed by atoms with Gasteiger partial charge in [0.2, 0.25) is 17.7 Å². The van der Waals surface area contributed by atoms with Gasteiger partial charge in [0.05, 0.1) is 11.8 Å². The molecule has 2 aliphatic rings. The number of amides is 3. The Hall–Kier alpha value is -2.08. The summed E-state index contributed by atoms with van der Waals surface area (Å²) in [7, 11) is 0. The number of nitrogens with one attached hydrogen (secondary N) is 1. The van der Waals surface area contributed by atoms with Gasteiger partial charge in [-0.25, -0.2) is 0 Å². The fourth-order valence-electron chi connectivity index (χ4n) is 3.35. The Morgan fingerprint density at radius 2 is 1.65 bits per heavy atom. The number of carbonyl (C=O) groups excluding carboxylic acids is 3. The van der Waals surface area contributed by atoms with E-state index in [2.05, 4.69) is 5.32 Å². The Labute approximate surface area is 158 Å². The molecule has 1 aromatic carbocycles. The van der Waals surface area contributed by atoms with Gasteiger partial charge in [-0.05, 0) is 30.5 Å². The topological polar surface area (TPSA) is 69.7 Å². The van der Waals surface area contributed by atoms with E-state index in [0.717, 1.165) is 12.0 Å². The number of carbonyl (C=O) groups is 3. The van der Waals surface area contributed by atoms with Gasteiger partial charge >= 0.3 is 0 Å². The molecule has 2 fully saturated rings. The summed E-state index contributed by atoms with van der Waals surface area (Å²) in [6, 6.07) is 7.55. The molecule has 3 rings (SSSR count). The second-order valence-electron chi connectivity index (χ2n) is 6.95. The van der Waals surface area contributed by atoms with Gasteiger partial charge in [-0.15, -0.1) is 0 Å². The minimum atomic E-state index is -0.210. The number of hydrogen-bond donors (Lipinski definition) is 1. The van der Waals surface area contributed by atoms with Crippen molar-refractivity contribution in [3.8, 4) is 0 Å². The first kappa shape index (κ1) is 18.7. The van der Waals surface area contributed by atoms with Crippen molar-refractivity contribution in [2.75, 3.05) is 32.7 Å². The van der Waals surface area contributed by atoms with Gasteiger partial charge in [0.15, 0.2) is 0 Å². The third-order valence-corrected chi connectivity index (χ3v) is 5.36. The van der Waals surface area contributed by atoms with E-state index in [1.807, 2.05) is 24.3 Å². The molecule has 2 atom stereocenters. The molecule has 2 unspecified atom stereocenters. The van der Waals surface area contributed by atoms with Crippen LogP contribution < -0.4 is 5.32 Å². The molecule has 1 saturated heterocycles. The molecule has 140 valence electrons. The van der Waals surface area contributed by atoms with Crippen molar-refractivity contribution in [3.63, 3.8) is 0 Å². The summed E-state index contributed by atoms with van der Waals surface area (Å²) < 4.78 is 0. The minimum absolute atomic E-state index is 0.0420. The van der Waals surface area contributed by atoms with Crippen LogP contribution >= 0.6 is 11.6 Å². The zero-order chi connectivity index (χ0) is 18.7. The van der Waals surface area contributed by atoms with Gasteiger partial charge in [-0.2, -0.15) is 0 Å². The Bertz CT molecular complexity index is 684. The summed E-state index contributed by atoms with van der Waals surface area (Å²) in [4.78, 5) is 39.6. The van der Waals surface area contributed by atoms with Gasteiger partial charge < -0.3 is 15.1 Å². The first-order valence-corrected chi connectivity index (χ1v) is 9.40. The van der Waals surface area contributed by atoms with Crippen molar-refractivity contribution in [1.29, 1.82) is 0 Å². The second kappa shape index (κ2) is 8.08. The minimum Gasteiger partial charge on any atom is -0.356 e. The van der Waals surface area contributed by atoms with Crippen LogP contribution in [-0.2, 0) is 20.8 Å². The number of halogens is 1. The van der Waals surface area contributed by atoms with Gasteiger partial charge in [-0.3, -0.25) is 14.4 Å². The number of nitrogens with zero attached hydrogens (tertiary/aromatic N) is 2. The lowest BCUT2D eigenvalue weighted by Crippen LogP contribution is -2.50. The predicted octanol–water partition coefficient (Wildman–Crippen LogP) is 1.33. The van der Waals surface area contributed by atoms with Crippen molar-refractivity contribution in [2.24, 2.45) is 11.8 Å². The van der Waals surface area contributed by atoms with Gasteiger partial charge in [0.1, 0.15) is 0 Å². The molecule has 0 spiro atoms. The zero-order valence-electron chi connectivity index (χ0n) is 14.9. The molecule has 0 radical (unpaired) electrons. The molecule has 1 heterocycles. The Morgan fingerprint density at radius 1 is 1.04 bits per heavy atom. The second-order valence-corrected chi connectivity index (χ2v) is 7.38. The summed E-state index contributed by atoms with van der Waals surface area (Å²) in [5.41, 5.74) is 1.11. The molecule has 1 aromatic rings. The van der Waals surface area contributed by atoms with Crippen LogP contribution in [0.25, 0.3) is 0 Å². The quantitative estimate of drug-likeness (QED) is 0.841. The van der Waals surface area contributed by atoms with Gasteiger partial charge in [0, 0.05) is 44.7 Å². The smallest absolute Gasteiger partial charge is 0.226 e. The maximum absolute atomic E-state index is 12.5. The molecule has 1 saturated carbocycles. The molecule has 1 N–H and O–H groups in total. The number of rotatable bonds is 5. The standard InChI is InChI=1S/C19H24ClN3O3/c1-13(24)22-8-10-23(11-9-22)19(26)17-12-16(17)18(25)21-7-6-14-2-4-15(20)5-3-14/h2-5,16-17H,6-12H2,1H3,(H,21,25). The van der Waals surface area contributed by atoms with E-state index in [9.17, 15) is 14.4 Å². The highest BCUT2D eigenvalue weighted by Crippen LogP contribution is 2.40. The fraction of sp³-hybridized carbons (Fsp3) is 0.526. The number of hydrogen-bond acceptors (Lipinski definition) is 3. The van der Waals surface area contributed by atoms with Crippen molar-refractivity contribution in [2.45, 2.75) is 19.8 Å². The molecule has 7 heteroatoms. The van der Waals surface area contributed by atoms with Crippen LogP contribution in [0, 0.1) is 11.8 Å². The largest absolute Gasteiger partial charge is 0.356 e. The van der Waals surface area contributed by atoms with E-state index < -0.39 is 0 Å². The molecule has 0 bridgehead atoms. The highest BCUT2D eigenvalue weighted by atomic mass is 35.5. The first-order chi connectivity index (χ1) is 12.5. The fourth-order valence-corrected chi connectivity index (χ4v) is 3.47. The van der Waals surface area contributed by atoms with E-state index >= 15 is 0 Å². The Morgan fingerprint density at radius 3 is 2.27 bits per heavy atom. The lowest BCUT2D eigenvalue weighted by atomic mass is 10.1. The van der Waals surface area contributed by atoms with Crippen LogP contribution in [0.5, 0.6) is 0 Å². The maximum Gasteiger partial charge on any atom is 0.226 e. The monoisotopic (exact) mass is 377 g/mol. The molecular formula is C19H24ClN3O3. The van der Waals surface area contributed by atoms with Crippen LogP contribution in [0.3, 0.4) is 0 Å². The molecule has 1 aliphatic carbocycles. The van der Waals surface area contributed by atoms with E-state index in [1.54, 1.807) is 16.7 Å². The van der Waals surface area contributed by atoms with E-state index in [1.165, 1.54) is 0 Å². The van der Waals surface area contributed by atoms with E-state index in [4.69, 9.17) is 11.6 Å². The molecule has 6 nitrogen and oxygen atoms in total. The van der Waals surface area contributed by atoms with E-state index in [-0.39, 0.29) is 29.6 Å². The Kier molecular flexibility index (Phi) is 5.81. The summed E-state index contributed by atoms with van der Waals surface area (Å²) in [6.45, 7) is 4.36. The third kappa shape index (κ3) is 4.55. The van der Waals surface area contributed by atoms with Crippen LogP contribution in [0.2, 0.25) is 5.02 Å².